The van der Waals surface area contributed by atoms with Gasteiger partial charge in [-0.15, -0.1) is 0 Å². The zero-order valence-corrected chi connectivity index (χ0v) is 16.1. The van der Waals surface area contributed by atoms with Crippen LogP contribution in [0.3, 0.4) is 0 Å². The second-order valence-corrected chi connectivity index (χ2v) is 8.24. The van der Waals surface area contributed by atoms with Crippen molar-refractivity contribution in [3.05, 3.63) is 64.7 Å². The number of halogens is 1. The quantitative estimate of drug-likeness (QED) is 0.633. The molecule has 26 heavy (non-hydrogen) atoms. The molecule has 0 atom stereocenters. The first-order valence-electron chi connectivity index (χ1n) is 9.90. The fourth-order valence-corrected chi connectivity index (χ4v) is 4.73. The van der Waals surface area contributed by atoms with Crippen molar-refractivity contribution >= 4 is 23.1 Å². The van der Waals surface area contributed by atoms with Crippen LogP contribution in [-0.2, 0) is 13.0 Å². The fourth-order valence-electron chi connectivity index (χ4n) is 4.51. The summed E-state index contributed by atoms with van der Waals surface area (Å²) in [6, 6.07) is 16.8. The normalized spacial score (nSPS) is 20.9. The van der Waals surface area contributed by atoms with Crippen molar-refractivity contribution in [2.75, 3.05) is 5.32 Å². The number of hydrogen-bond acceptors (Lipinski definition) is 1. The summed E-state index contributed by atoms with van der Waals surface area (Å²) in [4.78, 5) is 5.09. The minimum Gasteiger partial charge on any atom is -0.343 e. The maximum absolute atomic E-state index is 6.15. The number of hydrogen-bond donors (Lipinski definition) is 1. The van der Waals surface area contributed by atoms with Crippen molar-refractivity contribution in [2.45, 2.75) is 57.9 Å². The summed E-state index contributed by atoms with van der Waals surface area (Å²) < 4.78 is 0. The summed E-state index contributed by atoms with van der Waals surface area (Å²) in [5.41, 5.74) is 4.01. The average molecular weight is 367 g/mol. The molecule has 136 valence electrons. The molecule has 2 nitrogen and oxygen atoms in total. The molecule has 0 saturated heterocycles. The lowest BCUT2D eigenvalue weighted by Crippen LogP contribution is -2.42. The number of amidine groups is 1. The lowest BCUT2D eigenvalue weighted by atomic mass is 9.69. The number of anilines is 1. The molecular weight excluding hydrogens is 340 g/mol. The van der Waals surface area contributed by atoms with E-state index in [9.17, 15) is 0 Å². The molecular formula is C23H27ClN2. The maximum Gasteiger partial charge on any atom is 0.108 e. The molecule has 0 bridgehead atoms. The van der Waals surface area contributed by atoms with Gasteiger partial charge in [-0.05, 0) is 48.6 Å². The second-order valence-electron chi connectivity index (χ2n) is 7.80. The number of nitrogens with one attached hydrogen (secondary N) is 1. The Morgan fingerprint density at radius 1 is 0.923 bits per heavy atom. The lowest BCUT2D eigenvalue weighted by Gasteiger charge is -2.41. The Bertz CT molecular complexity index is 788. The Morgan fingerprint density at radius 3 is 2.50 bits per heavy atom. The van der Waals surface area contributed by atoms with Gasteiger partial charge in [-0.1, -0.05) is 74.0 Å². The van der Waals surface area contributed by atoms with Gasteiger partial charge in [-0.2, -0.15) is 0 Å². The molecule has 4 rings (SSSR count). The SMILES string of the molecule is Clc1cccc(CN=C2Nc3ccccc3CC23CCCCCCC3)c1. The van der Waals surface area contributed by atoms with Gasteiger partial charge in [0.15, 0.2) is 0 Å². The van der Waals surface area contributed by atoms with Gasteiger partial charge in [0, 0.05) is 16.1 Å². The van der Waals surface area contributed by atoms with Crippen LogP contribution in [0.1, 0.15) is 56.1 Å². The molecule has 1 fully saturated rings. The van der Waals surface area contributed by atoms with Crippen LogP contribution in [0, 0.1) is 5.41 Å². The highest BCUT2D eigenvalue weighted by molar-refractivity contribution is 6.30. The summed E-state index contributed by atoms with van der Waals surface area (Å²) >= 11 is 6.15. The van der Waals surface area contributed by atoms with E-state index in [1.807, 2.05) is 18.2 Å². The maximum atomic E-state index is 6.15. The molecule has 2 aromatic rings. The van der Waals surface area contributed by atoms with Crippen molar-refractivity contribution < 1.29 is 0 Å². The molecule has 0 unspecified atom stereocenters. The molecule has 3 heteroatoms. The standard InChI is InChI=1S/C23H27ClN2/c24-20-11-8-9-18(15-20)17-25-22-23(13-6-2-1-3-7-14-23)16-19-10-4-5-12-21(19)26-22/h4-5,8-12,15H,1-3,6-7,13-14,16-17H2,(H,25,26). The van der Waals surface area contributed by atoms with E-state index in [0.29, 0.717) is 6.54 Å². The lowest BCUT2D eigenvalue weighted by molar-refractivity contribution is 0.299. The zero-order chi connectivity index (χ0) is 17.8. The van der Waals surface area contributed by atoms with Gasteiger partial charge < -0.3 is 5.32 Å². The van der Waals surface area contributed by atoms with Crippen molar-refractivity contribution in [1.29, 1.82) is 0 Å². The van der Waals surface area contributed by atoms with E-state index in [0.717, 1.165) is 11.4 Å². The topological polar surface area (TPSA) is 24.4 Å². The number of fused-ring (bicyclic) bond motifs is 1. The molecule has 0 amide bonds. The smallest absolute Gasteiger partial charge is 0.108 e. The predicted molar refractivity (Wildman–Crippen MR) is 111 cm³/mol. The van der Waals surface area contributed by atoms with Crippen LogP contribution >= 0.6 is 11.6 Å². The first kappa shape index (κ1) is 17.6. The molecule has 1 spiro atoms. The number of aliphatic imine (C=N–C) groups is 1. The van der Waals surface area contributed by atoms with Gasteiger partial charge in [0.25, 0.3) is 0 Å². The van der Waals surface area contributed by atoms with E-state index >= 15 is 0 Å². The van der Waals surface area contributed by atoms with E-state index in [2.05, 4.69) is 35.6 Å². The highest BCUT2D eigenvalue weighted by Crippen LogP contribution is 2.43. The van der Waals surface area contributed by atoms with Crippen molar-refractivity contribution in [2.24, 2.45) is 10.4 Å². The molecule has 2 aliphatic rings. The molecule has 1 heterocycles. The van der Waals surface area contributed by atoms with Crippen LogP contribution in [0.25, 0.3) is 0 Å². The highest BCUT2D eigenvalue weighted by Gasteiger charge is 2.39. The molecule has 1 aliphatic carbocycles. The van der Waals surface area contributed by atoms with Gasteiger partial charge in [0.1, 0.15) is 5.84 Å². The van der Waals surface area contributed by atoms with Crippen LogP contribution < -0.4 is 5.32 Å². The third-order valence-electron chi connectivity index (χ3n) is 5.92. The molecule has 2 aromatic carbocycles. The first-order valence-corrected chi connectivity index (χ1v) is 10.3. The van der Waals surface area contributed by atoms with E-state index < -0.39 is 0 Å². The highest BCUT2D eigenvalue weighted by atomic mass is 35.5. The Balaban J connectivity index is 1.67. The molecule has 1 aliphatic heterocycles. The van der Waals surface area contributed by atoms with Gasteiger partial charge in [-0.25, -0.2) is 0 Å². The average Bonchev–Trinajstić information content (AvgIpc) is 2.63. The van der Waals surface area contributed by atoms with E-state index in [1.54, 1.807) is 0 Å². The predicted octanol–water partition coefficient (Wildman–Crippen LogP) is 6.64. The molecule has 1 N–H and O–H groups in total. The summed E-state index contributed by atoms with van der Waals surface area (Å²) in [6.07, 6.45) is 10.3. The summed E-state index contributed by atoms with van der Waals surface area (Å²) in [6.45, 7) is 0.687. The second kappa shape index (κ2) is 7.84. The molecule has 0 radical (unpaired) electrons. The Kier molecular flexibility index (Phi) is 5.31. The van der Waals surface area contributed by atoms with E-state index in [1.165, 1.54) is 67.6 Å². The Morgan fingerprint density at radius 2 is 1.69 bits per heavy atom. The fraction of sp³-hybridized carbons (Fsp3) is 0.435. The van der Waals surface area contributed by atoms with Crippen LogP contribution in [0.5, 0.6) is 0 Å². The Hall–Kier alpha value is -1.80. The molecule has 0 aromatic heterocycles. The number of para-hydroxylation sites is 1. The van der Waals surface area contributed by atoms with Gasteiger partial charge >= 0.3 is 0 Å². The largest absolute Gasteiger partial charge is 0.343 e. The van der Waals surface area contributed by atoms with Gasteiger partial charge in [0.05, 0.1) is 6.54 Å². The van der Waals surface area contributed by atoms with Crippen LogP contribution in [-0.4, -0.2) is 5.84 Å². The number of benzene rings is 2. The summed E-state index contributed by atoms with van der Waals surface area (Å²) in [5.74, 6) is 1.19. The number of nitrogens with zero attached hydrogens (tertiary/aromatic N) is 1. The summed E-state index contributed by atoms with van der Waals surface area (Å²) in [5, 5.41) is 4.49. The zero-order valence-electron chi connectivity index (χ0n) is 15.3. The third-order valence-corrected chi connectivity index (χ3v) is 6.16. The summed E-state index contributed by atoms with van der Waals surface area (Å²) in [7, 11) is 0. The van der Waals surface area contributed by atoms with Crippen LogP contribution in [0.2, 0.25) is 5.02 Å². The van der Waals surface area contributed by atoms with Crippen molar-refractivity contribution in [1.82, 2.24) is 0 Å². The molecule has 1 saturated carbocycles. The van der Waals surface area contributed by atoms with Crippen molar-refractivity contribution in [3.8, 4) is 0 Å². The monoisotopic (exact) mass is 366 g/mol. The van der Waals surface area contributed by atoms with Crippen LogP contribution in [0.15, 0.2) is 53.5 Å². The number of rotatable bonds is 2. The Labute approximate surface area is 161 Å². The van der Waals surface area contributed by atoms with Crippen molar-refractivity contribution in [3.63, 3.8) is 0 Å². The van der Waals surface area contributed by atoms with E-state index in [4.69, 9.17) is 16.6 Å². The minimum absolute atomic E-state index is 0.174. The van der Waals surface area contributed by atoms with Gasteiger partial charge in [0.2, 0.25) is 0 Å². The van der Waals surface area contributed by atoms with E-state index in [-0.39, 0.29) is 5.41 Å². The third kappa shape index (κ3) is 3.81. The first-order chi connectivity index (χ1) is 12.8. The van der Waals surface area contributed by atoms with Crippen LogP contribution in [0.4, 0.5) is 5.69 Å². The van der Waals surface area contributed by atoms with Gasteiger partial charge in [-0.3, -0.25) is 4.99 Å². The minimum atomic E-state index is 0.174.